The molecule has 1 aromatic heterocycles. The number of aliphatic hydroxyl groups excluding tert-OH is 1. The molecule has 1 fully saturated rings. The molecular formula is C12H17ClO2S. The monoisotopic (exact) mass is 260 g/mol. The molecule has 1 unspecified atom stereocenters. The highest BCUT2D eigenvalue weighted by Crippen LogP contribution is 2.43. The smallest absolute Gasteiger partial charge is 0.118 e. The first-order chi connectivity index (χ1) is 7.53. The standard InChI is InChI=1S/C12H17ClO2S/c1-8-2-5-12(15,6-3-8)11(14)10-9(13)4-7-16-10/h4,7-8,11,14-15H,2-3,5-6H2,1H3. The van der Waals surface area contributed by atoms with Crippen molar-refractivity contribution in [2.24, 2.45) is 5.92 Å². The van der Waals surface area contributed by atoms with Crippen LogP contribution in [0.15, 0.2) is 11.4 Å². The number of hydrogen-bond donors (Lipinski definition) is 2. The minimum Gasteiger partial charge on any atom is -0.387 e. The van der Waals surface area contributed by atoms with Gasteiger partial charge in [0.25, 0.3) is 0 Å². The zero-order valence-corrected chi connectivity index (χ0v) is 10.9. The second-order valence-electron chi connectivity index (χ2n) is 4.82. The average molecular weight is 261 g/mol. The quantitative estimate of drug-likeness (QED) is 0.856. The highest BCUT2D eigenvalue weighted by Gasteiger charge is 2.40. The van der Waals surface area contributed by atoms with Gasteiger partial charge in [-0.3, -0.25) is 0 Å². The van der Waals surface area contributed by atoms with Crippen LogP contribution in [0.5, 0.6) is 0 Å². The Hall–Kier alpha value is -0.0900. The van der Waals surface area contributed by atoms with E-state index in [-0.39, 0.29) is 0 Å². The Balaban J connectivity index is 2.15. The molecule has 90 valence electrons. The fraction of sp³-hybridized carbons (Fsp3) is 0.667. The van der Waals surface area contributed by atoms with Crippen molar-refractivity contribution in [3.63, 3.8) is 0 Å². The molecule has 4 heteroatoms. The van der Waals surface area contributed by atoms with Gasteiger partial charge in [-0.2, -0.15) is 0 Å². The molecule has 1 saturated carbocycles. The molecule has 0 bridgehead atoms. The summed E-state index contributed by atoms with van der Waals surface area (Å²) in [6.45, 7) is 2.18. The maximum absolute atomic E-state index is 10.5. The molecule has 1 aromatic rings. The Bertz CT molecular complexity index is 356. The van der Waals surface area contributed by atoms with Gasteiger partial charge in [0, 0.05) is 0 Å². The molecule has 1 heterocycles. The lowest BCUT2D eigenvalue weighted by Gasteiger charge is -2.38. The van der Waals surface area contributed by atoms with Gasteiger partial charge in [0.1, 0.15) is 6.10 Å². The van der Waals surface area contributed by atoms with Crippen LogP contribution in [-0.4, -0.2) is 15.8 Å². The van der Waals surface area contributed by atoms with Gasteiger partial charge < -0.3 is 10.2 Å². The van der Waals surface area contributed by atoms with Gasteiger partial charge in [-0.15, -0.1) is 11.3 Å². The van der Waals surface area contributed by atoms with Gasteiger partial charge >= 0.3 is 0 Å². The minimum absolute atomic E-state index is 0.560. The number of rotatable bonds is 2. The number of aliphatic hydroxyl groups is 2. The van der Waals surface area contributed by atoms with Crippen LogP contribution in [0.3, 0.4) is 0 Å². The van der Waals surface area contributed by atoms with Crippen LogP contribution in [0.1, 0.15) is 43.6 Å². The van der Waals surface area contributed by atoms with E-state index in [1.807, 2.05) is 5.38 Å². The van der Waals surface area contributed by atoms with Crippen molar-refractivity contribution >= 4 is 22.9 Å². The van der Waals surface area contributed by atoms with Crippen LogP contribution in [0.2, 0.25) is 5.02 Å². The van der Waals surface area contributed by atoms with Gasteiger partial charge in [-0.05, 0) is 43.0 Å². The Kier molecular flexibility index (Phi) is 3.59. The minimum atomic E-state index is -0.985. The van der Waals surface area contributed by atoms with Crippen LogP contribution < -0.4 is 0 Å². The SMILES string of the molecule is CC1CCC(O)(C(O)c2sccc2Cl)CC1. The average Bonchev–Trinajstić information content (AvgIpc) is 2.68. The summed E-state index contributed by atoms with van der Waals surface area (Å²) < 4.78 is 0. The van der Waals surface area contributed by atoms with Gasteiger partial charge in [0.05, 0.1) is 15.5 Å². The molecular weight excluding hydrogens is 244 g/mol. The lowest BCUT2D eigenvalue weighted by Crippen LogP contribution is -2.39. The second-order valence-corrected chi connectivity index (χ2v) is 6.18. The number of thiophene rings is 1. The lowest BCUT2D eigenvalue weighted by molar-refractivity contribution is -0.104. The number of hydrogen-bond acceptors (Lipinski definition) is 3. The Morgan fingerprint density at radius 1 is 1.50 bits per heavy atom. The molecule has 1 atom stereocenters. The topological polar surface area (TPSA) is 40.5 Å². The lowest BCUT2D eigenvalue weighted by atomic mass is 9.76. The zero-order valence-electron chi connectivity index (χ0n) is 9.32. The van der Waals surface area contributed by atoms with Crippen molar-refractivity contribution in [1.82, 2.24) is 0 Å². The van der Waals surface area contributed by atoms with Crippen LogP contribution in [0.4, 0.5) is 0 Å². The first-order valence-corrected chi connectivity index (χ1v) is 6.92. The third-order valence-corrected chi connectivity index (χ3v) is 4.95. The van der Waals surface area contributed by atoms with Crippen molar-refractivity contribution in [3.8, 4) is 0 Å². The highest BCUT2D eigenvalue weighted by atomic mass is 35.5. The molecule has 16 heavy (non-hydrogen) atoms. The molecule has 2 nitrogen and oxygen atoms in total. The van der Waals surface area contributed by atoms with E-state index < -0.39 is 11.7 Å². The Morgan fingerprint density at radius 3 is 2.62 bits per heavy atom. The first-order valence-electron chi connectivity index (χ1n) is 5.66. The molecule has 0 aromatic carbocycles. The maximum atomic E-state index is 10.5. The summed E-state index contributed by atoms with van der Waals surface area (Å²) in [6.07, 6.45) is 2.41. The molecule has 0 radical (unpaired) electrons. The van der Waals surface area contributed by atoms with Crippen molar-refractivity contribution in [1.29, 1.82) is 0 Å². The van der Waals surface area contributed by atoms with Gasteiger partial charge in [0.15, 0.2) is 0 Å². The summed E-state index contributed by atoms with van der Waals surface area (Å²) in [5, 5.41) is 23.1. The molecule has 0 saturated heterocycles. The Morgan fingerprint density at radius 2 is 2.12 bits per heavy atom. The molecule has 2 rings (SSSR count). The van der Waals surface area contributed by atoms with E-state index in [0.29, 0.717) is 28.7 Å². The second kappa shape index (κ2) is 4.65. The predicted molar refractivity (Wildman–Crippen MR) is 66.9 cm³/mol. The summed E-state index contributed by atoms with van der Waals surface area (Å²) in [5.41, 5.74) is -0.985. The summed E-state index contributed by atoms with van der Waals surface area (Å²) >= 11 is 7.39. The normalized spacial score (nSPS) is 32.6. The van der Waals surface area contributed by atoms with Crippen LogP contribution in [0, 0.1) is 5.92 Å². The zero-order chi connectivity index (χ0) is 11.8. The van der Waals surface area contributed by atoms with Gasteiger partial charge in [0.2, 0.25) is 0 Å². The van der Waals surface area contributed by atoms with E-state index in [2.05, 4.69) is 6.92 Å². The van der Waals surface area contributed by atoms with Gasteiger partial charge in [-0.1, -0.05) is 18.5 Å². The van der Waals surface area contributed by atoms with Crippen LogP contribution >= 0.6 is 22.9 Å². The summed E-state index contributed by atoms with van der Waals surface area (Å²) in [6, 6.07) is 1.76. The van der Waals surface area contributed by atoms with E-state index in [1.54, 1.807) is 6.07 Å². The predicted octanol–water partition coefficient (Wildman–Crippen LogP) is 3.38. The summed E-state index contributed by atoms with van der Waals surface area (Å²) in [7, 11) is 0. The highest BCUT2D eigenvalue weighted by molar-refractivity contribution is 7.10. The maximum Gasteiger partial charge on any atom is 0.118 e. The van der Waals surface area contributed by atoms with Crippen LogP contribution in [0.25, 0.3) is 0 Å². The molecule has 0 aliphatic heterocycles. The molecule has 1 aliphatic rings. The largest absolute Gasteiger partial charge is 0.387 e. The molecule has 1 aliphatic carbocycles. The van der Waals surface area contributed by atoms with Crippen molar-refractivity contribution in [2.45, 2.75) is 44.3 Å². The van der Waals surface area contributed by atoms with Gasteiger partial charge in [-0.25, -0.2) is 0 Å². The fourth-order valence-electron chi connectivity index (χ4n) is 2.28. The van der Waals surface area contributed by atoms with Crippen molar-refractivity contribution < 1.29 is 10.2 Å². The molecule has 0 spiro atoms. The Labute approximate surface area is 105 Å². The fourth-order valence-corrected chi connectivity index (χ4v) is 3.53. The van der Waals surface area contributed by atoms with E-state index in [4.69, 9.17) is 11.6 Å². The van der Waals surface area contributed by atoms with Crippen LogP contribution in [-0.2, 0) is 0 Å². The van der Waals surface area contributed by atoms with E-state index >= 15 is 0 Å². The third kappa shape index (κ3) is 2.28. The molecule has 2 N–H and O–H groups in total. The number of halogens is 1. The van der Waals surface area contributed by atoms with Crippen molar-refractivity contribution in [2.75, 3.05) is 0 Å². The van der Waals surface area contributed by atoms with Crippen molar-refractivity contribution in [3.05, 3.63) is 21.3 Å². The summed E-state index contributed by atoms with van der Waals surface area (Å²) in [5.74, 6) is 0.645. The molecule has 0 amide bonds. The third-order valence-electron chi connectivity index (χ3n) is 3.54. The summed E-state index contributed by atoms with van der Waals surface area (Å²) in [4.78, 5) is 0.693. The van der Waals surface area contributed by atoms with E-state index in [1.165, 1.54) is 11.3 Å². The first kappa shape index (κ1) is 12.4. The van der Waals surface area contributed by atoms with E-state index in [9.17, 15) is 10.2 Å². The van der Waals surface area contributed by atoms with E-state index in [0.717, 1.165) is 12.8 Å².